The van der Waals surface area contributed by atoms with Crippen molar-refractivity contribution in [3.63, 3.8) is 0 Å². The molecule has 4 N–H and O–H groups in total. The maximum absolute atomic E-state index is 11.5. The zero-order valence-electron chi connectivity index (χ0n) is 12.1. The fraction of sp³-hybridized carbons (Fsp3) is 0.750. The Hall–Kier alpha value is -1.83. The monoisotopic (exact) mass is 289 g/mol. The summed E-state index contributed by atoms with van der Waals surface area (Å²) in [7, 11) is 1.52. The highest BCUT2D eigenvalue weighted by molar-refractivity contribution is 5.86. The van der Waals surface area contributed by atoms with E-state index < -0.39 is 18.0 Å². The third-order valence-corrected chi connectivity index (χ3v) is 2.30. The SMILES string of the molecule is COCCCC(NC(=O)NCC(=O)NC(C)C)C(=O)O. The summed E-state index contributed by atoms with van der Waals surface area (Å²) in [6, 6.07) is -1.71. The molecule has 1 atom stereocenters. The van der Waals surface area contributed by atoms with Crippen LogP contribution >= 0.6 is 0 Å². The first-order valence-electron chi connectivity index (χ1n) is 6.42. The van der Waals surface area contributed by atoms with Crippen LogP contribution in [0, 0.1) is 0 Å². The molecule has 0 aromatic rings. The van der Waals surface area contributed by atoms with Crippen molar-refractivity contribution in [2.75, 3.05) is 20.3 Å². The number of hydrogen-bond donors (Lipinski definition) is 4. The quantitative estimate of drug-likeness (QED) is 0.434. The largest absolute Gasteiger partial charge is 0.480 e. The number of aliphatic carboxylic acids is 1. The van der Waals surface area contributed by atoms with Crippen molar-refractivity contribution >= 4 is 17.9 Å². The molecule has 0 aromatic heterocycles. The molecule has 0 bridgehead atoms. The zero-order valence-corrected chi connectivity index (χ0v) is 12.1. The summed E-state index contributed by atoms with van der Waals surface area (Å²) >= 11 is 0. The second kappa shape index (κ2) is 10.0. The first-order valence-corrected chi connectivity index (χ1v) is 6.42. The topological polar surface area (TPSA) is 117 Å². The minimum Gasteiger partial charge on any atom is -0.480 e. The van der Waals surface area contributed by atoms with Gasteiger partial charge in [-0.2, -0.15) is 0 Å². The zero-order chi connectivity index (χ0) is 15.5. The van der Waals surface area contributed by atoms with E-state index in [-0.39, 0.29) is 24.9 Å². The molecular formula is C12H23N3O5. The van der Waals surface area contributed by atoms with E-state index in [0.717, 1.165) is 0 Å². The lowest BCUT2D eigenvalue weighted by Gasteiger charge is -2.15. The Labute approximate surface area is 118 Å². The van der Waals surface area contributed by atoms with Crippen LogP contribution in [0.15, 0.2) is 0 Å². The van der Waals surface area contributed by atoms with Gasteiger partial charge in [0.25, 0.3) is 0 Å². The highest BCUT2D eigenvalue weighted by Crippen LogP contribution is 1.98. The molecule has 3 amide bonds. The number of rotatable bonds is 9. The van der Waals surface area contributed by atoms with E-state index in [9.17, 15) is 14.4 Å². The number of carbonyl (C=O) groups excluding carboxylic acids is 2. The highest BCUT2D eigenvalue weighted by Gasteiger charge is 2.19. The van der Waals surface area contributed by atoms with Gasteiger partial charge in [-0.05, 0) is 26.7 Å². The number of carboxylic acids is 1. The predicted octanol–water partition coefficient (Wildman–Crippen LogP) is -0.310. The van der Waals surface area contributed by atoms with Gasteiger partial charge in [0.15, 0.2) is 0 Å². The van der Waals surface area contributed by atoms with Crippen molar-refractivity contribution in [2.24, 2.45) is 0 Å². The van der Waals surface area contributed by atoms with Crippen LogP contribution in [0.2, 0.25) is 0 Å². The Balaban J connectivity index is 4.06. The van der Waals surface area contributed by atoms with Gasteiger partial charge in [-0.1, -0.05) is 0 Å². The smallest absolute Gasteiger partial charge is 0.326 e. The van der Waals surface area contributed by atoms with Gasteiger partial charge in [0.05, 0.1) is 6.54 Å². The lowest BCUT2D eigenvalue weighted by atomic mass is 10.1. The predicted molar refractivity (Wildman–Crippen MR) is 72.3 cm³/mol. The van der Waals surface area contributed by atoms with Crippen LogP contribution < -0.4 is 16.0 Å². The second-order valence-corrected chi connectivity index (χ2v) is 4.58. The number of ether oxygens (including phenoxy) is 1. The van der Waals surface area contributed by atoms with Crippen molar-refractivity contribution in [3.8, 4) is 0 Å². The fourth-order valence-electron chi connectivity index (χ4n) is 1.43. The van der Waals surface area contributed by atoms with Gasteiger partial charge in [-0.3, -0.25) is 4.79 Å². The van der Waals surface area contributed by atoms with Crippen molar-refractivity contribution in [1.82, 2.24) is 16.0 Å². The molecule has 0 aliphatic rings. The van der Waals surface area contributed by atoms with E-state index in [0.29, 0.717) is 13.0 Å². The highest BCUT2D eigenvalue weighted by atomic mass is 16.5. The molecular weight excluding hydrogens is 266 g/mol. The standard InChI is InChI=1S/C12H23N3O5/c1-8(2)14-10(16)7-13-12(19)15-9(11(17)18)5-4-6-20-3/h8-9H,4-7H2,1-3H3,(H,14,16)(H,17,18)(H2,13,15,19). The molecule has 0 saturated carbocycles. The molecule has 0 aliphatic heterocycles. The summed E-state index contributed by atoms with van der Waals surface area (Å²) < 4.78 is 4.82. The Morgan fingerprint density at radius 1 is 1.20 bits per heavy atom. The number of carboxylic acid groups (broad SMARTS) is 1. The first-order chi connectivity index (χ1) is 9.36. The number of amides is 3. The van der Waals surface area contributed by atoms with E-state index in [1.54, 1.807) is 13.8 Å². The number of hydrogen-bond acceptors (Lipinski definition) is 4. The number of methoxy groups -OCH3 is 1. The van der Waals surface area contributed by atoms with Crippen LogP contribution in [0.5, 0.6) is 0 Å². The number of carbonyl (C=O) groups is 3. The molecule has 0 radical (unpaired) electrons. The van der Waals surface area contributed by atoms with Crippen LogP contribution in [0.4, 0.5) is 4.79 Å². The van der Waals surface area contributed by atoms with Crippen LogP contribution in [0.3, 0.4) is 0 Å². The number of nitrogens with one attached hydrogen (secondary N) is 3. The normalized spacial score (nSPS) is 11.8. The van der Waals surface area contributed by atoms with E-state index in [1.807, 2.05) is 0 Å². The average molecular weight is 289 g/mol. The maximum Gasteiger partial charge on any atom is 0.326 e. The van der Waals surface area contributed by atoms with Gasteiger partial charge in [0, 0.05) is 19.8 Å². The molecule has 0 saturated heterocycles. The summed E-state index contributed by atoms with van der Waals surface area (Å²) in [6.07, 6.45) is 0.774. The Morgan fingerprint density at radius 2 is 1.85 bits per heavy atom. The molecule has 0 rings (SSSR count). The molecule has 0 spiro atoms. The van der Waals surface area contributed by atoms with Gasteiger partial charge in [0.1, 0.15) is 6.04 Å². The van der Waals surface area contributed by atoms with Crippen molar-refractivity contribution in [1.29, 1.82) is 0 Å². The summed E-state index contributed by atoms with van der Waals surface area (Å²) in [5.41, 5.74) is 0. The number of urea groups is 1. The van der Waals surface area contributed by atoms with Gasteiger partial charge in [0.2, 0.25) is 5.91 Å². The lowest BCUT2D eigenvalue weighted by Crippen LogP contribution is -2.49. The summed E-state index contributed by atoms with van der Waals surface area (Å²) in [4.78, 5) is 33.7. The molecule has 0 aliphatic carbocycles. The molecule has 1 unspecified atom stereocenters. The minimum absolute atomic E-state index is 0.0202. The first kappa shape index (κ1) is 18.2. The molecule has 116 valence electrons. The second-order valence-electron chi connectivity index (χ2n) is 4.58. The summed E-state index contributed by atoms with van der Waals surface area (Å²) in [5.74, 6) is -1.45. The molecule has 8 nitrogen and oxygen atoms in total. The van der Waals surface area contributed by atoms with E-state index in [2.05, 4.69) is 16.0 Å². The third-order valence-electron chi connectivity index (χ3n) is 2.30. The van der Waals surface area contributed by atoms with Crippen molar-refractivity contribution in [2.45, 2.75) is 38.8 Å². The Morgan fingerprint density at radius 3 is 2.35 bits per heavy atom. The molecule has 8 heteroatoms. The van der Waals surface area contributed by atoms with E-state index in [4.69, 9.17) is 9.84 Å². The van der Waals surface area contributed by atoms with Gasteiger partial charge in [-0.25, -0.2) is 9.59 Å². The third kappa shape index (κ3) is 9.15. The minimum atomic E-state index is -1.12. The van der Waals surface area contributed by atoms with Gasteiger partial charge < -0.3 is 25.8 Å². The maximum atomic E-state index is 11.5. The van der Waals surface area contributed by atoms with E-state index >= 15 is 0 Å². The lowest BCUT2D eigenvalue weighted by molar-refractivity contribution is -0.139. The molecule has 0 fully saturated rings. The summed E-state index contributed by atoms with van der Waals surface area (Å²) in [5, 5.41) is 16.2. The molecule has 20 heavy (non-hydrogen) atoms. The Kier molecular flexibility index (Phi) is 9.10. The van der Waals surface area contributed by atoms with Crippen LogP contribution in [0.1, 0.15) is 26.7 Å². The van der Waals surface area contributed by atoms with Gasteiger partial charge >= 0.3 is 12.0 Å². The van der Waals surface area contributed by atoms with Gasteiger partial charge in [-0.15, -0.1) is 0 Å². The fourth-order valence-corrected chi connectivity index (χ4v) is 1.43. The van der Waals surface area contributed by atoms with Crippen molar-refractivity contribution in [3.05, 3.63) is 0 Å². The van der Waals surface area contributed by atoms with E-state index in [1.165, 1.54) is 7.11 Å². The molecule has 0 aromatic carbocycles. The molecule has 0 heterocycles. The van der Waals surface area contributed by atoms with Crippen LogP contribution in [-0.4, -0.2) is 55.4 Å². The summed E-state index contributed by atoms with van der Waals surface area (Å²) in [6.45, 7) is 3.82. The average Bonchev–Trinajstić information content (AvgIpc) is 2.34. The van der Waals surface area contributed by atoms with Crippen molar-refractivity contribution < 1.29 is 24.2 Å². The van der Waals surface area contributed by atoms with Crippen LogP contribution in [-0.2, 0) is 14.3 Å². The Bertz CT molecular complexity index is 333. The van der Waals surface area contributed by atoms with Crippen LogP contribution in [0.25, 0.3) is 0 Å².